The molecule has 3 aromatic heterocycles. The van der Waals surface area contributed by atoms with Crippen LogP contribution in [0.5, 0.6) is 5.88 Å². The zero-order chi connectivity index (χ0) is 24.2. The lowest BCUT2D eigenvalue weighted by molar-refractivity contribution is -0.112. The van der Waals surface area contributed by atoms with Gasteiger partial charge in [0.1, 0.15) is 11.4 Å². The number of carbonyl (C=O) groups excluding carboxylic acids is 1. The van der Waals surface area contributed by atoms with E-state index in [-0.39, 0.29) is 12.3 Å². The molecule has 5 N–H and O–H groups in total. The topological polar surface area (TPSA) is 156 Å². The van der Waals surface area contributed by atoms with Gasteiger partial charge in [0.15, 0.2) is 11.5 Å². The van der Waals surface area contributed by atoms with Gasteiger partial charge < -0.3 is 21.1 Å². The van der Waals surface area contributed by atoms with Gasteiger partial charge in [-0.05, 0) is 24.3 Å². The van der Waals surface area contributed by atoms with Crippen molar-refractivity contribution in [1.29, 1.82) is 5.41 Å². The average molecular weight is 500 g/mol. The summed E-state index contributed by atoms with van der Waals surface area (Å²) in [6.45, 7) is 0.117. The predicted octanol–water partition coefficient (Wildman–Crippen LogP) is 2.90. The van der Waals surface area contributed by atoms with E-state index >= 15 is 0 Å². The van der Waals surface area contributed by atoms with Gasteiger partial charge in [0.25, 0.3) is 5.91 Å². The molecule has 0 saturated carbocycles. The summed E-state index contributed by atoms with van der Waals surface area (Å²) < 4.78 is 7.03. The van der Waals surface area contributed by atoms with E-state index < -0.39 is 11.9 Å². The number of fused-ring (bicyclic) bond motifs is 1. The van der Waals surface area contributed by atoms with Gasteiger partial charge in [0.05, 0.1) is 53.2 Å². The molecule has 1 aromatic carbocycles. The highest BCUT2D eigenvalue weighted by molar-refractivity contribution is 6.40. The van der Waals surface area contributed by atoms with E-state index in [4.69, 9.17) is 39.1 Å². The third kappa shape index (κ3) is 4.70. The normalized spacial score (nSPS) is 11.7. The van der Waals surface area contributed by atoms with E-state index in [9.17, 15) is 4.79 Å². The second-order valence-corrected chi connectivity index (χ2v) is 7.87. The van der Waals surface area contributed by atoms with Crippen LogP contribution in [0.4, 0.5) is 11.4 Å². The van der Waals surface area contributed by atoms with Crippen molar-refractivity contribution in [3.63, 3.8) is 0 Å². The van der Waals surface area contributed by atoms with E-state index in [2.05, 4.69) is 30.8 Å². The second-order valence-electron chi connectivity index (χ2n) is 7.05. The van der Waals surface area contributed by atoms with E-state index in [1.165, 1.54) is 7.11 Å². The quantitative estimate of drug-likeness (QED) is 0.256. The van der Waals surface area contributed by atoms with Crippen LogP contribution in [-0.2, 0) is 4.79 Å². The second kappa shape index (κ2) is 9.89. The van der Waals surface area contributed by atoms with Crippen LogP contribution in [0.15, 0.2) is 48.9 Å². The van der Waals surface area contributed by atoms with Gasteiger partial charge in [0, 0.05) is 6.54 Å². The van der Waals surface area contributed by atoms with Crippen LogP contribution in [-0.4, -0.2) is 55.9 Å². The highest BCUT2D eigenvalue weighted by atomic mass is 35.5. The number of nitrogens with one attached hydrogen (secondary N) is 3. The number of hydrogen-bond acceptors (Lipinski definition) is 9. The summed E-state index contributed by atoms with van der Waals surface area (Å²) in [5, 5.41) is 23.4. The van der Waals surface area contributed by atoms with E-state index in [1.807, 2.05) is 0 Å². The Hall–Kier alpha value is -3.96. The van der Waals surface area contributed by atoms with Crippen LogP contribution in [0.2, 0.25) is 10.0 Å². The number of anilines is 2. The number of methoxy groups -OCH3 is 1. The lowest BCUT2D eigenvalue weighted by Crippen LogP contribution is -2.42. The van der Waals surface area contributed by atoms with Gasteiger partial charge in [-0.15, -0.1) is 10.2 Å². The van der Waals surface area contributed by atoms with Crippen molar-refractivity contribution in [1.82, 2.24) is 24.6 Å². The van der Waals surface area contributed by atoms with Crippen molar-refractivity contribution in [2.75, 3.05) is 24.3 Å². The third-order valence-corrected chi connectivity index (χ3v) is 5.52. The molecule has 0 fully saturated rings. The molecule has 4 rings (SSSR count). The minimum absolute atomic E-state index is 0.117. The minimum atomic E-state index is -0.857. The number of nitrogens with zero attached hydrogens (tertiary/aromatic N) is 5. The first-order chi connectivity index (χ1) is 16.4. The first kappa shape index (κ1) is 23.2. The number of hydrogen-bond donors (Lipinski definition) is 4. The maximum absolute atomic E-state index is 11.7. The van der Waals surface area contributed by atoms with Crippen LogP contribution in [0.25, 0.3) is 17.2 Å². The molecule has 4 aromatic rings. The number of benzene rings is 1. The maximum Gasteiger partial charge on any atom is 0.264 e. The highest BCUT2D eigenvalue weighted by Crippen LogP contribution is 2.30. The number of halogens is 2. The SMILES string of the molecule is COc1cncc2nnc(-c3ccc(NC(CNc4c(Cl)cccc4Cl)C(=N)C(N)=O)cn3)n12. The Morgan fingerprint density at radius 2 is 1.94 bits per heavy atom. The summed E-state index contributed by atoms with van der Waals surface area (Å²) in [5.41, 5.74) is 7.12. The zero-order valence-corrected chi connectivity index (χ0v) is 19.3. The highest BCUT2D eigenvalue weighted by Gasteiger charge is 2.21. The first-order valence-corrected chi connectivity index (χ1v) is 10.7. The van der Waals surface area contributed by atoms with Crippen LogP contribution >= 0.6 is 23.2 Å². The monoisotopic (exact) mass is 499 g/mol. The van der Waals surface area contributed by atoms with Crippen molar-refractivity contribution < 1.29 is 9.53 Å². The van der Waals surface area contributed by atoms with Crippen LogP contribution in [0.1, 0.15) is 0 Å². The zero-order valence-electron chi connectivity index (χ0n) is 17.8. The molecule has 0 bridgehead atoms. The van der Waals surface area contributed by atoms with Gasteiger partial charge in [-0.25, -0.2) is 4.40 Å². The summed E-state index contributed by atoms with van der Waals surface area (Å²) in [7, 11) is 1.53. The Kier molecular flexibility index (Phi) is 6.75. The van der Waals surface area contributed by atoms with Crippen molar-refractivity contribution in [3.8, 4) is 17.4 Å². The Morgan fingerprint density at radius 3 is 2.59 bits per heavy atom. The average Bonchev–Trinajstić information content (AvgIpc) is 3.27. The maximum atomic E-state index is 11.7. The fourth-order valence-electron chi connectivity index (χ4n) is 3.21. The first-order valence-electron chi connectivity index (χ1n) is 9.91. The Bertz CT molecular complexity index is 1340. The molecule has 0 saturated heterocycles. The number of primary amides is 1. The van der Waals surface area contributed by atoms with Gasteiger partial charge in [-0.2, -0.15) is 0 Å². The van der Waals surface area contributed by atoms with Crippen LogP contribution in [0, 0.1) is 5.41 Å². The van der Waals surface area contributed by atoms with Gasteiger partial charge in [0.2, 0.25) is 5.88 Å². The molecule has 1 amide bonds. The molecule has 0 aliphatic carbocycles. The predicted molar refractivity (Wildman–Crippen MR) is 130 cm³/mol. The summed E-state index contributed by atoms with van der Waals surface area (Å²) in [5.74, 6) is 0.0720. The summed E-state index contributed by atoms with van der Waals surface area (Å²) in [4.78, 5) is 20.2. The Morgan fingerprint density at radius 1 is 1.18 bits per heavy atom. The molecule has 0 aliphatic rings. The number of aromatic nitrogens is 5. The van der Waals surface area contributed by atoms with Crippen molar-refractivity contribution in [3.05, 3.63) is 59.0 Å². The standard InChI is InChI=1S/C21H19Cl2N9O2/c1-34-17-10-26-9-16-30-31-21(32(16)17)14-6-5-11(7-27-14)29-15(18(24)20(25)33)8-28-19-12(22)3-2-4-13(19)23/h2-7,9-10,15,24,28-29H,8H2,1H3,(H2,25,33). The number of para-hydroxylation sites is 1. The molecule has 34 heavy (non-hydrogen) atoms. The van der Waals surface area contributed by atoms with E-state index in [1.54, 1.807) is 53.3 Å². The number of rotatable bonds is 9. The largest absolute Gasteiger partial charge is 0.481 e. The number of nitrogens with two attached hydrogens (primary N) is 1. The summed E-state index contributed by atoms with van der Waals surface area (Å²) in [6.07, 6.45) is 4.66. The van der Waals surface area contributed by atoms with Crippen molar-refractivity contribution >= 4 is 51.8 Å². The number of ether oxygens (including phenoxy) is 1. The molecule has 0 aliphatic heterocycles. The van der Waals surface area contributed by atoms with Crippen LogP contribution in [0.3, 0.4) is 0 Å². The molecule has 174 valence electrons. The molecule has 1 atom stereocenters. The lowest BCUT2D eigenvalue weighted by atomic mass is 10.1. The molecular formula is C21H19Cl2N9O2. The molecule has 13 heteroatoms. The molecule has 11 nitrogen and oxygen atoms in total. The van der Waals surface area contributed by atoms with Gasteiger partial charge in [-0.1, -0.05) is 29.3 Å². The molecule has 0 spiro atoms. The molecule has 1 unspecified atom stereocenters. The Labute approximate surface area is 203 Å². The molecule has 3 heterocycles. The smallest absolute Gasteiger partial charge is 0.264 e. The van der Waals surface area contributed by atoms with Crippen molar-refractivity contribution in [2.45, 2.75) is 6.04 Å². The fraction of sp³-hybridized carbons (Fsp3) is 0.143. The summed E-state index contributed by atoms with van der Waals surface area (Å²) in [6, 6.07) is 7.76. The van der Waals surface area contributed by atoms with Gasteiger partial charge in [-0.3, -0.25) is 20.2 Å². The lowest BCUT2D eigenvalue weighted by Gasteiger charge is -2.21. The fourth-order valence-corrected chi connectivity index (χ4v) is 3.74. The Balaban J connectivity index is 1.56. The van der Waals surface area contributed by atoms with Crippen LogP contribution < -0.4 is 21.1 Å². The summed E-state index contributed by atoms with van der Waals surface area (Å²) >= 11 is 12.4. The molecule has 0 radical (unpaired) electrons. The van der Waals surface area contributed by atoms with E-state index in [0.717, 1.165) is 0 Å². The number of amides is 1. The number of carbonyl (C=O) groups is 1. The number of pyridine rings is 1. The van der Waals surface area contributed by atoms with Gasteiger partial charge >= 0.3 is 0 Å². The van der Waals surface area contributed by atoms with Crippen molar-refractivity contribution in [2.24, 2.45) is 5.73 Å². The third-order valence-electron chi connectivity index (χ3n) is 4.89. The van der Waals surface area contributed by atoms with E-state index in [0.29, 0.717) is 44.5 Å². The minimum Gasteiger partial charge on any atom is -0.481 e. The molecular weight excluding hydrogens is 481 g/mol.